The molecule has 0 aliphatic carbocycles. The number of nitrogens with zero attached hydrogens (tertiary/aromatic N) is 1. The molecule has 1 heterocycles. The van der Waals surface area contributed by atoms with E-state index in [1.54, 1.807) is 4.90 Å². The van der Waals surface area contributed by atoms with Gasteiger partial charge < -0.3 is 20.3 Å². The van der Waals surface area contributed by atoms with Crippen LogP contribution in [0.4, 0.5) is 4.79 Å². The maximum atomic E-state index is 12.0. The van der Waals surface area contributed by atoms with Gasteiger partial charge in [0.2, 0.25) is 0 Å². The fraction of sp³-hybridized carbons (Fsp3) is 0.750. The molecule has 1 rings (SSSR count). The summed E-state index contributed by atoms with van der Waals surface area (Å²) in [5.41, 5.74) is -0.435. The van der Waals surface area contributed by atoms with Gasteiger partial charge in [-0.15, -0.1) is 6.58 Å². The van der Waals surface area contributed by atoms with Crippen LogP contribution in [0.3, 0.4) is 0 Å². The molecular weight excluding hydrogens is 298 g/mol. The third-order valence-corrected chi connectivity index (χ3v) is 3.79. The molecule has 0 spiro atoms. The van der Waals surface area contributed by atoms with Crippen molar-refractivity contribution in [3.63, 3.8) is 0 Å². The summed E-state index contributed by atoms with van der Waals surface area (Å²) >= 11 is 5.23. The van der Waals surface area contributed by atoms with Gasteiger partial charge >= 0.3 is 6.09 Å². The monoisotopic (exact) mass is 327 g/mol. The van der Waals surface area contributed by atoms with E-state index in [0.29, 0.717) is 11.0 Å². The molecule has 22 heavy (non-hydrogen) atoms. The van der Waals surface area contributed by atoms with E-state index >= 15 is 0 Å². The summed E-state index contributed by atoms with van der Waals surface area (Å²) in [4.78, 5) is 13.8. The predicted molar refractivity (Wildman–Crippen MR) is 93.9 cm³/mol. The first-order valence-corrected chi connectivity index (χ1v) is 8.27. The summed E-state index contributed by atoms with van der Waals surface area (Å²) in [5, 5.41) is 7.03. The van der Waals surface area contributed by atoms with Crippen LogP contribution in [-0.2, 0) is 4.74 Å². The van der Waals surface area contributed by atoms with E-state index in [0.717, 1.165) is 32.5 Å². The van der Waals surface area contributed by atoms with Crippen LogP contribution in [0.25, 0.3) is 0 Å². The third-order valence-electron chi connectivity index (χ3n) is 3.53. The molecule has 1 atom stereocenters. The van der Waals surface area contributed by atoms with Crippen molar-refractivity contribution >= 4 is 23.4 Å². The van der Waals surface area contributed by atoms with Crippen LogP contribution in [-0.4, -0.2) is 47.4 Å². The zero-order chi connectivity index (χ0) is 16.8. The molecule has 0 aromatic rings. The van der Waals surface area contributed by atoms with Crippen LogP contribution >= 0.6 is 12.2 Å². The molecule has 1 amide bonds. The summed E-state index contributed by atoms with van der Waals surface area (Å²) in [5.74, 6) is 0.525. The van der Waals surface area contributed by atoms with Crippen LogP contribution in [0.15, 0.2) is 12.7 Å². The lowest BCUT2D eigenvalue weighted by molar-refractivity contribution is 0.0185. The van der Waals surface area contributed by atoms with Gasteiger partial charge in [-0.1, -0.05) is 6.08 Å². The highest BCUT2D eigenvalue weighted by Gasteiger charge is 2.26. The minimum absolute atomic E-state index is 0.161. The van der Waals surface area contributed by atoms with Gasteiger partial charge in [0, 0.05) is 25.7 Å². The van der Waals surface area contributed by atoms with E-state index in [2.05, 4.69) is 17.2 Å². The number of amides is 1. The van der Waals surface area contributed by atoms with Crippen molar-refractivity contribution < 1.29 is 9.53 Å². The van der Waals surface area contributed by atoms with Gasteiger partial charge in [0.15, 0.2) is 5.11 Å². The van der Waals surface area contributed by atoms with Gasteiger partial charge in [-0.2, -0.15) is 0 Å². The number of rotatable bonds is 4. The van der Waals surface area contributed by atoms with Crippen LogP contribution in [0.5, 0.6) is 0 Å². The Morgan fingerprint density at radius 2 is 2.05 bits per heavy atom. The molecule has 0 radical (unpaired) electrons. The summed E-state index contributed by atoms with van der Waals surface area (Å²) in [6.45, 7) is 13.7. The van der Waals surface area contributed by atoms with Crippen molar-refractivity contribution in [3.05, 3.63) is 12.7 Å². The second-order valence-corrected chi connectivity index (χ2v) is 7.20. The van der Waals surface area contributed by atoms with Crippen molar-refractivity contribution in [2.24, 2.45) is 5.92 Å². The Kier molecular flexibility index (Phi) is 7.13. The lowest BCUT2D eigenvalue weighted by Gasteiger charge is -2.33. The highest BCUT2D eigenvalue weighted by molar-refractivity contribution is 7.80. The fourth-order valence-electron chi connectivity index (χ4n) is 2.20. The Bertz CT molecular complexity index is 399. The molecule has 6 heteroatoms. The predicted octanol–water partition coefficient (Wildman–Crippen LogP) is 2.67. The van der Waals surface area contributed by atoms with Gasteiger partial charge in [0.1, 0.15) is 5.60 Å². The average Bonchev–Trinajstić information content (AvgIpc) is 2.43. The second kappa shape index (κ2) is 8.36. The van der Waals surface area contributed by atoms with Gasteiger partial charge in [-0.3, -0.25) is 0 Å². The zero-order valence-electron chi connectivity index (χ0n) is 14.1. The smallest absolute Gasteiger partial charge is 0.410 e. The third kappa shape index (κ3) is 7.11. The van der Waals surface area contributed by atoms with Crippen molar-refractivity contribution in [2.45, 2.75) is 52.2 Å². The highest BCUT2D eigenvalue weighted by atomic mass is 32.1. The molecule has 0 aromatic heterocycles. The van der Waals surface area contributed by atoms with E-state index in [-0.39, 0.29) is 12.1 Å². The van der Waals surface area contributed by atoms with E-state index in [1.165, 1.54) is 0 Å². The van der Waals surface area contributed by atoms with Crippen LogP contribution in [0.2, 0.25) is 0 Å². The molecule has 0 aromatic carbocycles. The second-order valence-electron chi connectivity index (χ2n) is 6.79. The SMILES string of the molecule is C=CC(C)NC(=S)NCC1CCN(C(=O)OC(C)(C)C)CC1. The molecule has 1 unspecified atom stereocenters. The number of nitrogens with one attached hydrogen (secondary N) is 2. The number of carbonyl (C=O) groups is 1. The first kappa shape index (κ1) is 18.7. The lowest BCUT2D eigenvalue weighted by atomic mass is 9.97. The number of hydrogen-bond acceptors (Lipinski definition) is 3. The maximum absolute atomic E-state index is 12.0. The Labute approximate surface area is 139 Å². The Hall–Kier alpha value is -1.30. The van der Waals surface area contributed by atoms with Crippen molar-refractivity contribution in [2.75, 3.05) is 19.6 Å². The fourth-order valence-corrected chi connectivity index (χ4v) is 2.47. The van der Waals surface area contributed by atoms with Gasteiger partial charge in [-0.05, 0) is 58.7 Å². The largest absolute Gasteiger partial charge is 0.444 e. The number of likely N-dealkylation sites (tertiary alicyclic amines) is 1. The normalized spacial score (nSPS) is 17.5. The van der Waals surface area contributed by atoms with Gasteiger partial charge in [0.05, 0.1) is 0 Å². The minimum atomic E-state index is -0.435. The molecule has 2 N–H and O–H groups in total. The Morgan fingerprint density at radius 1 is 1.45 bits per heavy atom. The average molecular weight is 327 g/mol. The molecule has 1 fully saturated rings. The van der Waals surface area contributed by atoms with Crippen molar-refractivity contribution in [1.82, 2.24) is 15.5 Å². The van der Waals surface area contributed by atoms with Gasteiger partial charge in [-0.25, -0.2) is 4.79 Å². The number of hydrogen-bond donors (Lipinski definition) is 2. The summed E-state index contributed by atoms with van der Waals surface area (Å²) in [7, 11) is 0. The molecule has 5 nitrogen and oxygen atoms in total. The molecule has 1 aliphatic heterocycles. The summed E-state index contributed by atoms with van der Waals surface area (Å²) in [6.07, 6.45) is 3.53. The van der Waals surface area contributed by atoms with Crippen LogP contribution < -0.4 is 10.6 Å². The van der Waals surface area contributed by atoms with E-state index in [1.807, 2.05) is 33.8 Å². The lowest BCUT2D eigenvalue weighted by Crippen LogP contribution is -2.45. The molecule has 126 valence electrons. The van der Waals surface area contributed by atoms with E-state index in [9.17, 15) is 4.79 Å². The molecule has 1 saturated heterocycles. The van der Waals surface area contributed by atoms with E-state index in [4.69, 9.17) is 17.0 Å². The topological polar surface area (TPSA) is 53.6 Å². The highest BCUT2D eigenvalue weighted by Crippen LogP contribution is 2.19. The van der Waals surface area contributed by atoms with Crippen molar-refractivity contribution in [3.8, 4) is 0 Å². The first-order chi connectivity index (χ1) is 10.2. The van der Waals surface area contributed by atoms with E-state index < -0.39 is 5.60 Å². The zero-order valence-corrected chi connectivity index (χ0v) is 15.0. The van der Waals surface area contributed by atoms with Crippen LogP contribution in [0.1, 0.15) is 40.5 Å². The quantitative estimate of drug-likeness (QED) is 0.614. The number of carbonyl (C=O) groups excluding carboxylic acids is 1. The Morgan fingerprint density at radius 3 is 2.55 bits per heavy atom. The number of ether oxygens (including phenoxy) is 1. The maximum Gasteiger partial charge on any atom is 0.410 e. The summed E-state index contributed by atoms with van der Waals surface area (Å²) in [6, 6.07) is 0.161. The molecule has 0 saturated carbocycles. The van der Waals surface area contributed by atoms with Gasteiger partial charge in [0.25, 0.3) is 0 Å². The standard InChI is InChI=1S/C16H29N3O2S/c1-6-12(2)18-14(22)17-11-13-7-9-19(10-8-13)15(20)21-16(3,4)5/h6,12-13H,1,7-11H2,2-5H3,(H2,17,18,22). The minimum Gasteiger partial charge on any atom is -0.444 e. The first-order valence-electron chi connectivity index (χ1n) is 7.86. The summed E-state index contributed by atoms with van der Waals surface area (Å²) < 4.78 is 5.40. The molecule has 0 bridgehead atoms. The van der Waals surface area contributed by atoms with Crippen molar-refractivity contribution in [1.29, 1.82) is 0 Å². The molecular formula is C16H29N3O2S. The Balaban J connectivity index is 2.26. The molecule has 1 aliphatic rings. The number of piperidine rings is 1. The van der Waals surface area contributed by atoms with Crippen LogP contribution in [0, 0.1) is 5.92 Å². The number of thiocarbonyl (C=S) groups is 1.